The van der Waals surface area contributed by atoms with Gasteiger partial charge in [0.2, 0.25) is 0 Å². The number of carboxylic acid groups (broad SMARTS) is 1. The zero-order valence-electron chi connectivity index (χ0n) is 8.08. The van der Waals surface area contributed by atoms with Crippen molar-refractivity contribution in [2.24, 2.45) is 0 Å². The standard InChI is InChI=1S/C10H4F3NO3/c11-6-1-4(2-7(12)8(6)13)9-5(10(15)16)3-14-17-9/h1-3H,(H,15,16). The number of aromatic carboxylic acids is 1. The first-order chi connectivity index (χ1) is 8.00. The van der Waals surface area contributed by atoms with Gasteiger partial charge in [-0.2, -0.15) is 0 Å². The van der Waals surface area contributed by atoms with Crippen LogP contribution in [0.1, 0.15) is 10.4 Å². The number of benzene rings is 1. The molecular weight excluding hydrogens is 239 g/mol. The molecule has 17 heavy (non-hydrogen) atoms. The SMILES string of the molecule is O=C(O)c1cnoc1-c1cc(F)c(F)c(F)c1. The Kier molecular flexibility index (Phi) is 2.58. The van der Waals surface area contributed by atoms with Crippen molar-refractivity contribution in [2.75, 3.05) is 0 Å². The van der Waals surface area contributed by atoms with E-state index >= 15 is 0 Å². The molecule has 1 N–H and O–H groups in total. The van der Waals surface area contributed by atoms with Gasteiger partial charge in [-0.1, -0.05) is 5.16 Å². The molecule has 1 aromatic carbocycles. The fraction of sp³-hybridized carbons (Fsp3) is 0. The highest BCUT2D eigenvalue weighted by molar-refractivity contribution is 5.93. The van der Waals surface area contributed by atoms with Crippen molar-refractivity contribution in [1.82, 2.24) is 5.16 Å². The molecule has 0 amide bonds. The average Bonchev–Trinajstić information content (AvgIpc) is 2.74. The molecule has 0 aliphatic rings. The minimum Gasteiger partial charge on any atom is -0.477 e. The first kappa shape index (κ1) is 11.2. The Balaban J connectivity index is 2.61. The summed E-state index contributed by atoms with van der Waals surface area (Å²) in [5.41, 5.74) is -0.605. The molecule has 0 saturated carbocycles. The zero-order chi connectivity index (χ0) is 12.6. The minimum absolute atomic E-state index is 0.240. The summed E-state index contributed by atoms with van der Waals surface area (Å²) in [6, 6.07) is 1.26. The first-order valence-electron chi connectivity index (χ1n) is 4.33. The van der Waals surface area contributed by atoms with Crippen LogP contribution in [0.15, 0.2) is 22.9 Å². The van der Waals surface area contributed by atoms with Crippen LogP contribution in [0, 0.1) is 17.5 Å². The van der Waals surface area contributed by atoms with Crippen molar-refractivity contribution in [1.29, 1.82) is 0 Å². The van der Waals surface area contributed by atoms with Gasteiger partial charge in [0.15, 0.2) is 23.2 Å². The molecule has 4 nitrogen and oxygen atoms in total. The quantitative estimate of drug-likeness (QED) is 0.823. The van der Waals surface area contributed by atoms with Crippen LogP contribution in [0.5, 0.6) is 0 Å². The molecule has 0 bridgehead atoms. The van der Waals surface area contributed by atoms with Crippen molar-refractivity contribution in [2.45, 2.75) is 0 Å². The topological polar surface area (TPSA) is 63.3 Å². The van der Waals surface area contributed by atoms with E-state index in [1.54, 1.807) is 0 Å². The second-order valence-electron chi connectivity index (χ2n) is 3.13. The van der Waals surface area contributed by atoms with E-state index in [9.17, 15) is 18.0 Å². The molecule has 88 valence electrons. The largest absolute Gasteiger partial charge is 0.477 e. The normalized spacial score (nSPS) is 10.5. The highest BCUT2D eigenvalue weighted by Gasteiger charge is 2.20. The maximum Gasteiger partial charge on any atom is 0.341 e. The maximum absolute atomic E-state index is 12.9. The highest BCUT2D eigenvalue weighted by Crippen LogP contribution is 2.26. The Morgan fingerprint density at radius 1 is 1.24 bits per heavy atom. The van der Waals surface area contributed by atoms with Gasteiger partial charge in [0.05, 0.1) is 6.20 Å². The summed E-state index contributed by atoms with van der Waals surface area (Å²) in [7, 11) is 0. The Morgan fingerprint density at radius 3 is 2.35 bits per heavy atom. The summed E-state index contributed by atoms with van der Waals surface area (Å²) in [5.74, 6) is -6.22. The number of halogens is 3. The third-order valence-electron chi connectivity index (χ3n) is 2.05. The highest BCUT2D eigenvalue weighted by atomic mass is 19.2. The predicted octanol–water partition coefficient (Wildman–Crippen LogP) is 2.46. The molecule has 1 heterocycles. The van der Waals surface area contributed by atoms with Gasteiger partial charge in [-0.3, -0.25) is 0 Å². The number of carboxylic acids is 1. The van der Waals surface area contributed by atoms with Gasteiger partial charge < -0.3 is 9.63 Å². The number of carbonyl (C=O) groups is 1. The van der Waals surface area contributed by atoms with Crippen molar-refractivity contribution in [3.05, 3.63) is 41.3 Å². The zero-order valence-corrected chi connectivity index (χ0v) is 8.08. The molecule has 0 fully saturated rings. The van der Waals surface area contributed by atoms with Crippen LogP contribution < -0.4 is 0 Å². The van der Waals surface area contributed by atoms with Gasteiger partial charge in [-0.05, 0) is 12.1 Å². The first-order valence-corrected chi connectivity index (χ1v) is 4.33. The Labute approximate surface area is 92.3 Å². The van der Waals surface area contributed by atoms with Crippen LogP contribution in [-0.4, -0.2) is 16.2 Å². The summed E-state index contributed by atoms with van der Waals surface area (Å²) >= 11 is 0. The van der Waals surface area contributed by atoms with E-state index in [1.165, 1.54) is 0 Å². The van der Waals surface area contributed by atoms with E-state index < -0.39 is 23.4 Å². The van der Waals surface area contributed by atoms with Crippen LogP contribution in [-0.2, 0) is 0 Å². The molecule has 0 spiro atoms. The number of aromatic nitrogens is 1. The molecule has 0 saturated heterocycles. The Morgan fingerprint density at radius 2 is 1.82 bits per heavy atom. The lowest BCUT2D eigenvalue weighted by Gasteiger charge is -2.00. The van der Waals surface area contributed by atoms with Gasteiger partial charge in [-0.15, -0.1) is 0 Å². The Bertz CT molecular complexity index is 571. The monoisotopic (exact) mass is 243 g/mol. The second kappa shape index (κ2) is 3.93. The summed E-state index contributed by atoms with van der Waals surface area (Å²) in [4.78, 5) is 10.7. The molecule has 0 aliphatic heterocycles. The van der Waals surface area contributed by atoms with Gasteiger partial charge in [0.25, 0.3) is 0 Å². The molecule has 0 atom stereocenters. The van der Waals surface area contributed by atoms with E-state index in [0.717, 1.165) is 6.20 Å². The molecule has 2 aromatic rings. The summed E-state index contributed by atoms with van der Waals surface area (Å²) in [5, 5.41) is 12.0. The van der Waals surface area contributed by atoms with Crippen LogP contribution >= 0.6 is 0 Å². The van der Waals surface area contributed by atoms with E-state index in [0.29, 0.717) is 12.1 Å². The van der Waals surface area contributed by atoms with Crippen molar-refractivity contribution in [3.8, 4) is 11.3 Å². The van der Waals surface area contributed by atoms with E-state index in [1.807, 2.05) is 0 Å². The van der Waals surface area contributed by atoms with E-state index in [4.69, 9.17) is 5.11 Å². The molecule has 0 radical (unpaired) electrons. The fourth-order valence-electron chi connectivity index (χ4n) is 1.29. The third-order valence-corrected chi connectivity index (χ3v) is 2.05. The van der Waals surface area contributed by atoms with Gasteiger partial charge in [-0.25, -0.2) is 18.0 Å². The summed E-state index contributed by atoms with van der Waals surface area (Å²) in [6.45, 7) is 0. The molecule has 7 heteroatoms. The smallest absolute Gasteiger partial charge is 0.341 e. The number of hydrogen-bond donors (Lipinski definition) is 1. The van der Waals surface area contributed by atoms with E-state index in [-0.39, 0.29) is 16.9 Å². The lowest BCUT2D eigenvalue weighted by molar-refractivity contribution is 0.0697. The molecule has 0 unspecified atom stereocenters. The van der Waals surface area contributed by atoms with Crippen LogP contribution in [0.3, 0.4) is 0 Å². The molecular formula is C10H4F3NO3. The third kappa shape index (κ3) is 1.86. The molecule has 2 rings (SSSR count). The second-order valence-corrected chi connectivity index (χ2v) is 3.13. The lowest BCUT2D eigenvalue weighted by atomic mass is 10.1. The van der Waals surface area contributed by atoms with Gasteiger partial charge in [0.1, 0.15) is 5.56 Å². The van der Waals surface area contributed by atoms with Crippen LogP contribution in [0.4, 0.5) is 13.2 Å². The Hall–Kier alpha value is -2.31. The molecule has 0 aliphatic carbocycles. The van der Waals surface area contributed by atoms with Crippen LogP contribution in [0.25, 0.3) is 11.3 Å². The van der Waals surface area contributed by atoms with E-state index in [2.05, 4.69) is 9.68 Å². The average molecular weight is 243 g/mol. The van der Waals surface area contributed by atoms with Crippen molar-refractivity contribution >= 4 is 5.97 Å². The van der Waals surface area contributed by atoms with Gasteiger partial charge >= 0.3 is 5.97 Å². The number of hydrogen-bond acceptors (Lipinski definition) is 3. The van der Waals surface area contributed by atoms with Crippen molar-refractivity contribution in [3.63, 3.8) is 0 Å². The molecule has 1 aromatic heterocycles. The van der Waals surface area contributed by atoms with Gasteiger partial charge in [0, 0.05) is 5.56 Å². The summed E-state index contributed by atoms with van der Waals surface area (Å²) < 4.78 is 43.2. The van der Waals surface area contributed by atoms with Crippen molar-refractivity contribution < 1.29 is 27.6 Å². The fourth-order valence-corrected chi connectivity index (χ4v) is 1.29. The minimum atomic E-state index is -1.63. The predicted molar refractivity (Wildman–Crippen MR) is 48.8 cm³/mol. The maximum atomic E-state index is 12.9. The van der Waals surface area contributed by atoms with Crippen LogP contribution in [0.2, 0.25) is 0 Å². The number of nitrogens with zero attached hydrogens (tertiary/aromatic N) is 1. The number of rotatable bonds is 2. The lowest BCUT2D eigenvalue weighted by Crippen LogP contribution is -1.97. The summed E-state index contributed by atoms with van der Waals surface area (Å²) in [6.07, 6.45) is 0.886.